The predicted octanol–water partition coefficient (Wildman–Crippen LogP) is 2.68. The van der Waals surface area contributed by atoms with Crippen molar-refractivity contribution in [3.63, 3.8) is 0 Å². The molecular formula is C13H13OP. The lowest BCUT2D eigenvalue weighted by Gasteiger charge is -2.36. The van der Waals surface area contributed by atoms with Crippen LogP contribution in [0.15, 0.2) is 48.6 Å². The third kappa shape index (κ3) is 1.42. The molecule has 1 nitrogen and oxygen atoms in total. The highest BCUT2D eigenvalue weighted by Gasteiger charge is 2.32. The van der Waals surface area contributed by atoms with Gasteiger partial charge in [0.25, 0.3) is 0 Å². The van der Waals surface area contributed by atoms with E-state index in [0.29, 0.717) is 5.66 Å². The van der Waals surface area contributed by atoms with Crippen LogP contribution < -0.4 is 10.0 Å². The molecule has 15 heavy (non-hydrogen) atoms. The molecule has 76 valence electrons. The van der Waals surface area contributed by atoms with Crippen molar-refractivity contribution in [1.82, 2.24) is 0 Å². The molecule has 1 heterocycles. The van der Waals surface area contributed by atoms with E-state index in [2.05, 4.69) is 49.2 Å². The van der Waals surface area contributed by atoms with E-state index in [4.69, 9.17) is 4.74 Å². The second-order valence-electron chi connectivity index (χ2n) is 3.92. The monoisotopic (exact) mass is 216 g/mol. The van der Waals surface area contributed by atoms with Gasteiger partial charge >= 0.3 is 0 Å². The molecule has 1 aromatic rings. The van der Waals surface area contributed by atoms with E-state index in [1.54, 1.807) is 0 Å². The van der Waals surface area contributed by atoms with Gasteiger partial charge in [0, 0.05) is 11.0 Å². The van der Waals surface area contributed by atoms with Gasteiger partial charge in [-0.15, -0.1) is 0 Å². The van der Waals surface area contributed by atoms with E-state index in [-0.39, 0.29) is 14.0 Å². The molecule has 0 radical (unpaired) electrons. The SMILES string of the molecule is CP1c2ccccc2OC2C=CC=CC21. The number of ether oxygens (including phenoxy) is 1. The minimum Gasteiger partial charge on any atom is -0.485 e. The van der Waals surface area contributed by atoms with E-state index in [0.717, 1.165) is 5.75 Å². The van der Waals surface area contributed by atoms with Crippen LogP contribution in [0.2, 0.25) is 0 Å². The fourth-order valence-corrected chi connectivity index (χ4v) is 4.26. The Morgan fingerprint density at radius 1 is 1.13 bits per heavy atom. The van der Waals surface area contributed by atoms with Crippen molar-refractivity contribution in [2.45, 2.75) is 11.8 Å². The molecule has 2 heteroatoms. The molecule has 0 N–H and O–H groups in total. The summed E-state index contributed by atoms with van der Waals surface area (Å²) in [6.07, 6.45) is 8.92. The van der Waals surface area contributed by atoms with Gasteiger partial charge in [-0.05, 0) is 18.8 Å². The summed E-state index contributed by atoms with van der Waals surface area (Å²) in [5.74, 6) is 1.08. The summed E-state index contributed by atoms with van der Waals surface area (Å²) in [4.78, 5) is 0. The van der Waals surface area contributed by atoms with Crippen LogP contribution >= 0.6 is 7.92 Å². The highest BCUT2D eigenvalue weighted by molar-refractivity contribution is 7.66. The molecule has 1 aliphatic carbocycles. The van der Waals surface area contributed by atoms with E-state index in [9.17, 15) is 0 Å². The smallest absolute Gasteiger partial charge is 0.128 e. The average Bonchev–Trinajstić information content (AvgIpc) is 2.30. The number of benzene rings is 1. The Morgan fingerprint density at radius 3 is 2.87 bits per heavy atom. The van der Waals surface area contributed by atoms with Crippen molar-refractivity contribution in [3.05, 3.63) is 48.6 Å². The van der Waals surface area contributed by atoms with Crippen LogP contribution in [0.25, 0.3) is 0 Å². The van der Waals surface area contributed by atoms with Crippen molar-refractivity contribution in [3.8, 4) is 5.75 Å². The molecule has 0 saturated carbocycles. The van der Waals surface area contributed by atoms with Crippen LogP contribution in [0.5, 0.6) is 5.75 Å². The van der Waals surface area contributed by atoms with Gasteiger partial charge in [-0.1, -0.05) is 44.3 Å². The summed E-state index contributed by atoms with van der Waals surface area (Å²) in [5.41, 5.74) is 0.555. The summed E-state index contributed by atoms with van der Waals surface area (Å²) in [6.45, 7) is 2.35. The molecule has 0 saturated heterocycles. The highest BCUT2D eigenvalue weighted by Crippen LogP contribution is 2.47. The van der Waals surface area contributed by atoms with Crippen molar-refractivity contribution in [2.75, 3.05) is 6.66 Å². The molecule has 0 bridgehead atoms. The molecule has 0 spiro atoms. The van der Waals surface area contributed by atoms with Gasteiger partial charge in [0.15, 0.2) is 0 Å². The molecule has 1 aliphatic heterocycles. The first-order valence-corrected chi connectivity index (χ1v) is 7.05. The minimum absolute atomic E-state index is 0.128. The number of hydrogen-bond acceptors (Lipinski definition) is 1. The van der Waals surface area contributed by atoms with Crippen molar-refractivity contribution in [1.29, 1.82) is 0 Å². The average molecular weight is 216 g/mol. The lowest BCUT2D eigenvalue weighted by Crippen LogP contribution is -2.36. The standard InChI is InChI=1S/C13H13OP/c1-15-12-8-4-2-6-10(12)14-11-7-3-5-9-13(11)15/h2-10,12H,1H3. The van der Waals surface area contributed by atoms with Gasteiger partial charge in [0.2, 0.25) is 0 Å². The maximum absolute atomic E-state index is 5.98. The van der Waals surface area contributed by atoms with Crippen molar-refractivity contribution in [2.24, 2.45) is 0 Å². The largest absolute Gasteiger partial charge is 0.485 e. The number of rotatable bonds is 0. The molecule has 0 aromatic heterocycles. The Hall–Kier alpha value is -1.07. The number of fused-ring (bicyclic) bond motifs is 2. The maximum Gasteiger partial charge on any atom is 0.128 e. The van der Waals surface area contributed by atoms with Gasteiger partial charge in [0.05, 0.1) is 0 Å². The predicted molar refractivity (Wildman–Crippen MR) is 65.4 cm³/mol. The van der Waals surface area contributed by atoms with Gasteiger partial charge in [-0.25, -0.2) is 0 Å². The second-order valence-corrected chi connectivity index (χ2v) is 6.22. The van der Waals surface area contributed by atoms with Crippen LogP contribution in [0.1, 0.15) is 0 Å². The number of hydrogen-bond donors (Lipinski definition) is 0. The van der Waals surface area contributed by atoms with Gasteiger partial charge in [-0.2, -0.15) is 0 Å². The fourth-order valence-electron chi connectivity index (χ4n) is 2.19. The molecular weight excluding hydrogens is 203 g/mol. The Balaban J connectivity index is 2.07. The Morgan fingerprint density at radius 2 is 1.93 bits per heavy atom. The zero-order valence-electron chi connectivity index (χ0n) is 8.63. The zero-order chi connectivity index (χ0) is 10.3. The van der Waals surface area contributed by atoms with Crippen LogP contribution in [0, 0.1) is 0 Å². The van der Waals surface area contributed by atoms with Crippen LogP contribution in [0.4, 0.5) is 0 Å². The van der Waals surface area contributed by atoms with Crippen LogP contribution in [-0.4, -0.2) is 18.4 Å². The van der Waals surface area contributed by atoms with E-state index in [1.807, 2.05) is 6.07 Å². The molecule has 3 atom stereocenters. The van der Waals surface area contributed by atoms with E-state index in [1.165, 1.54) is 5.30 Å². The first kappa shape index (κ1) is 9.18. The molecule has 2 aliphatic rings. The normalized spacial score (nSPS) is 31.7. The summed E-state index contributed by atoms with van der Waals surface area (Å²) in [7, 11) is -0.128. The second kappa shape index (κ2) is 3.50. The van der Waals surface area contributed by atoms with Gasteiger partial charge < -0.3 is 4.74 Å². The number of para-hydroxylation sites is 1. The highest BCUT2D eigenvalue weighted by atomic mass is 31.1. The molecule has 1 aromatic carbocycles. The van der Waals surface area contributed by atoms with Crippen molar-refractivity contribution >= 4 is 13.2 Å². The summed E-state index contributed by atoms with van der Waals surface area (Å²) in [5, 5.41) is 1.40. The molecule has 3 rings (SSSR count). The van der Waals surface area contributed by atoms with E-state index >= 15 is 0 Å². The summed E-state index contributed by atoms with van der Waals surface area (Å²) in [6, 6.07) is 8.43. The summed E-state index contributed by atoms with van der Waals surface area (Å²) < 4.78 is 5.98. The maximum atomic E-state index is 5.98. The third-order valence-corrected chi connectivity index (χ3v) is 5.50. The van der Waals surface area contributed by atoms with Crippen LogP contribution in [0.3, 0.4) is 0 Å². The lowest BCUT2D eigenvalue weighted by molar-refractivity contribution is 0.253. The Labute approximate surface area is 91.2 Å². The van der Waals surface area contributed by atoms with E-state index < -0.39 is 0 Å². The van der Waals surface area contributed by atoms with Gasteiger partial charge in [-0.3, -0.25) is 0 Å². The van der Waals surface area contributed by atoms with Crippen molar-refractivity contribution < 1.29 is 4.74 Å². The number of allylic oxidation sites excluding steroid dienone is 2. The summed E-state index contributed by atoms with van der Waals surface area (Å²) >= 11 is 0. The minimum atomic E-state index is -0.128. The first-order valence-electron chi connectivity index (χ1n) is 5.20. The molecule has 0 fully saturated rings. The zero-order valence-corrected chi connectivity index (χ0v) is 9.52. The molecule has 0 amide bonds. The van der Waals surface area contributed by atoms with Crippen LogP contribution in [-0.2, 0) is 0 Å². The Kier molecular flexibility index (Phi) is 2.14. The topological polar surface area (TPSA) is 9.23 Å². The van der Waals surface area contributed by atoms with Gasteiger partial charge in [0.1, 0.15) is 11.9 Å². The fraction of sp³-hybridized carbons (Fsp3) is 0.231. The Bertz CT molecular complexity index is 436. The quantitative estimate of drug-likeness (QED) is 0.606. The third-order valence-electron chi connectivity index (χ3n) is 3.01. The first-order chi connectivity index (χ1) is 7.36. The lowest BCUT2D eigenvalue weighted by atomic mass is 10.1. The molecule has 3 unspecified atom stereocenters.